The van der Waals surface area contributed by atoms with Crippen molar-refractivity contribution in [3.8, 4) is 0 Å². The highest BCUT2D eigenvalue weighted by molar-refractivity contribution is 7.89. The number of anilines is 1. The van der Waals surface area contributed by atoms with Gasteiger partial charge in [-0.25, -0.2) is 13.1 Å². The first-order chi connectivity index (χ1) is 12.9. The third-order valence-corrected chi connectivity index (χ3v) is 6.21. The van der Waals surface area contributed by atoms with Gasteiger partial charge in [-0.3, -0.25) is 9.59 Å². The molecule has 3 N–H and O–H groups in total. The molecule has 7 nitrogen and oxygen atoms in total. The Balaban J connectivity index is 1.68. The van der Waals surface area contributed by atoms with E-state index in [9.17, 15) is 18.0 Å². The highest BCUT2D eigenvalue weighted by atomic mass is 32.2. The van der Waals surface area contributed by atoms with Gasteiger partial charge in [0.2, 0.25) is 21.8 Å². The summed E-state index contributed by atoms with van der Waals surface area (Å²) in [4.78, 5) is 23.0. The number of amides is 2. The molecule has 0 heterocycles. The van der Waals surface area contributed by atoms with Crippen molar-refractivity contribution in [1.29, 1.82) is 0 Å². The van der Waals surface area contributed by atoms with Gasteiger partial charge in [-0.2, -0.15) is 0 Å². The summed E-state index contributed by atoms with van der Waals surface area (Å²) in [5, 5.41) is 5.35. The average molecular weight is 396 g/mol. The van der Waals surface area contributed by atoms with E-state index in [0.29, 0.717) is 18.0 Å². The molecule has 1 saturated carbocycles. The molecule has 150 valence electrons. The Labute approximate surface area is 161 Å². The summed E-state index contributed by atoms with van der Waals surface area (Å²) in [6.45, 7) is 1.77. The van der Waals surface area contributed by atoms with Gasteiger partial charge in [0.25, 0.3) is 0 Å². The van der Waals surface area contributed by atoms with Crippen molar-refractivity contribution in [2.75, 3.05) is 18.4 Å². The van der Waals surface area contributed by atoms with Crippen molar-refractivity contribution >= 4 is 27.5 Å². The molecular weight excluding hydrogens is 366 g/mol. The van der Waals surface area contributed by atoms with Crippen LogP contribution in [-0.2, 0) is 19.6 Å². The van der Waals surface area contributed by atoms with Crippen molar-refractivity contribution < 1.29 is 18.0 Å². The van der Waals surface area contributed by atoms with Crippen LogP contribution in [0.4, 0.5) is 5.69 Å². The number of hydrogen-bond acceptors (Lipinski definition) is 4. The zero-order valence-electron chi connectivity index (χ0n) is 15.8. The molecule has 0 atom stereocenters. The molecule has 27 heavy (non-hydrogen) atoms. The number of nitrogens with one attached hydrogen (secondary N) is 3. The fourth-order valence-electron chi connectivity index (χ4n) is 3.29. The van der Waals surface area contributed by atoms with E-state index in [1.165, 1.54) is 63.3 Å². The largest absolute Gasteiger partial charge is 0.355 e. The lowest BCUT2D eigenvalue weighted by Crippen LogP contribution is -2.34. The fourth-order valence-corrected chi connectivity index (χ4v) is 4.32. The number of rotatable bonds is 9. The number of benzene rings is 1. The Kier molecular flexibility index (Phi) is 8.24. The van der Waals surface area contributed by atoms with Gasteiger partial charge in [0.05, 0.1) is 4.90 Å². The molecule has 0 bridgehead atoms. The summed E-state index contributed by atoms with van der Waals surface area (Å²) in [7, 11) is -3.65. The van der Waals surface area contributed by atoms with Gasteiger partial charge in [-0.1, -0.05) is 32.1 Å². The van der Waals surface area contributed by atoms with Gasteiger partial charge in [0, 0.05) is 32.1 Å². The number of hydrogen-bond donors (Lipinski definition) is 3. The lowest BCUT2D eigenvalue weighted by molar-refractivity contribution is -0.121. The summed E-state index contributed by atoms with van der Waals surface area (Å²) >= 11 is 0. The first-order valence-electron chi connectivity index (χ1n) is 9.51. The molecule has 0 radical (unpaired) electrons. The second kappa shape index (κ2) is 10.4. The maximum atomic E-state index is 12.2. The summed E-state index contributed by atoms with van der Waals surface area (Å²) in [6.07, 6.45) is 7.68. The van der Waals surface area contributed by atoms with E-state index in [1.807, 2.05) is 0 Å². The predicted molar refractivity (Wildman–Crippen MR) is 105 cm³/mol. The Morgan fingerprint density at radius 2 is 1.70 bits per heavy atom. The minimum atomic E-state index is -3.65. The minimum Gasteiger partial charge on any atom is -0.355 e. The SMILES string of the molecule is CC(=O)Nc1ccc(S(=O)(=O)NCCNC(=O)CCC2CCCCC2)cc1. The van der Waals surface area contributed by atoms with Crippen molar-refractivity contribution in [2.24, 2.45) is 5.92 Å². The molecule has 0 spiro atoms. The molecule has 0 saturated heterocycles. The molecule has 0 unspecified atom stereocenters. The highest BCUT2D eigenvalue weighted by Crippen LogP contribution is 2.27. The second-order valence-electron chi connectivity index (χ2n) is 7.00. The van der Waals surface area contributed by atoms with Crippen LogP contribution in [0.25, 0.3) is 0 Å². The normalized spacial score (nSPS) is 15.3. The monoisotopic (exact) mass is 395 g/mol. The van der Waals surface area contributed by atoms with Crippen molar-refractivity contribution in [1.82, 2.24) is 10.0 Å². The molecule has 1 aromatic carbocycles. The van der Waals surface area contributed by atoms with Crippen molar-refractivity contribution in [3.63, 3.8) is 0 Å². The lowest BCUT2D eigenvalue weighted by atomic mass is 9.86. The first-order valence-corrected chi connectivity index (χ1v) is 11.0. The van der Waals surface area contributed by atoms with Crippen molar-refractivity contribution in [3.05, 3.63) is 24.3 Å². The summed E-state index contributed by atoms with van der Waals surface area (Å²) in [5.74, 6) is 0.408. The fraction of sp³-hybridized carbons (Fsp3) is 0.579. The van der Waals surface area contributed by atoms with Crippen LogP contribution in [0, 0.1) is 5.92 Å². The number of carbonyl (C=O) groups excluding carboxylic acids is 2. The van der Waals surface area contributed by atoms with E-state index in [-0.39, 0.29) is 29.8 Å². The zero-order valence-corrected chi connectivity index (χ0v) is 16.6. The van der Waals surface area contributed by atoms with E-state index in [2.05, 4.69) is 15.4 Å². The molecule has 2 rings (SSSR count). The lowest BCUT2D eigenvalue weighted by Gasteiger charge is -2.20. The first kappa shape index (κ1) is 21.4. The van der Waals surface area contributed by atoms with E-state index in [4.69, 9.17) is 0 Å². The van der Waals surface area contributed by atoms with Gasteiger partial charge >= 0.3 is 0 Å². The maximum absolute atomic E-state index is 12.2. The van der Waals surface area contributed by atoms with Gasteiger partial charge in [-0.15, -0.1) is 0 Å². The topological polar surface area (TPSA) is 104 Å². The Morgan fingerprint density at radius 1 is 1.04 bits per heavy atom. The van der Waals surface area contributed by atoms with Crippen LogP contribution in [0.15, 0.2) is 29.2 Å². The van der Waals surface area contributed by atoms with E-state index in [0.717, 1.165) is 6.42 Å². The zero-order chi connectivity index (χ0) is 19.7. The Hall–Kier alpha value is -1.93. The molecule has 1 aliphatic carbocycles. The Bertz CT molecular complexity index is 726. The molecular formula is C19H29N3O4S. The molecule has 0 aromatic heterocycles. The van der Waals surface area contributed by atoms with Crippen LogP contribution < -0.4 is 15.4 Å². The van der Waals surface area contributed by atoms with Gasteiger partial charge in [0.1, 0.15) is 0 Å². The number of carbonyl (C=O) groups is 2. The van der Waals surface area contributed by atoms with Crippen LogP contribution in [0.2, 0.25) is 0 Å². The summed E-state index contributed by atoms with van der Waals surface area (Å²) in [5.41, 5.74) is 0.534. The standard InChI is InChI=1S/C19H29N3O4S/c1-15(23)22-17-8-10-18(11-9-17)27(25,26)21-14-13-20-19(24)12-7-16-5-3-2-4-6-16/h8-11,16,21H,2-7,12-14H2,1H3,(H,20,24)(H,22,23). The van der Waals surface area contributed by atoms with Gasteiger partial charge in [-0.05, 0) is 36.6 Å². The molecule has 1 aliphatic rings. The van der Waals surface area contributed by atoms with E-state index >= 15 is 0 Å². The molecule has 1 fully saturated rings. The summed E-state index contributed by atoms with van der Waals surface area (Å²) < 4.78 is 26.9. The molecule has 8 heteroatoms. The van der Waals surface area contributed by atoms with Crippen molar-refractivity contribution in [2.45, 2.75) is 56.8 Å². The smallest absolute Gasteiger partial charge is 0.240 e. The molecule has 0 aliphatic heterocycles. The maximum Gasteiger partial charge on any atom is 0.240 e. The third-order valence-electron chi connectivity index (χ3n) is 4.73. The van der Waals surface area contributed by atoms with Gasteiger partial charge in [0.15, 0.2) is 0 Å². The minimum absolute atomic E-state index is 0.0283. The predicted octanol–water partition coefficient (Wildman–Crippen LogP) is 2.40. The van der Waals surface area contributed by atoms with Crippen LogP contribution in [0.5, 0.6) is 0 Å². The summed E-state index contributed by atoms with van der Waals surface area (Å²) in [6, 6.07) is 5.92. The second-order valence-corrected chi connectivity index (χ2v) is 8.76. The molecule has 1 aromatic rings. The van der Waals surface area contributed by atoms with Crippen LogP contribution in [-0.4, -0.2) is 33.3 Å². The quantitative estimate of drug-likeness (QED) is 0.559. The highest BCUT2D eigenvalue weighted by Gasteiger charge is 2.15. The average Bonchev–Trinajstić information content (AvgIpc) is 2.64. The van der Waals surface area contributed by atoms with Crippen LogP contribution >= 0.6 is 0 Å². The Morgan fingerprint density at radius 3 is 2.33 bits per heavy atom. The van der Waals surface area contributed by atoms with E-state index < -0.39 is 10.0 Å². The van der Waals surface area contributed by atoms with Gasteiger partial charge < -0.3 is 10.6 Å². The molecule has 2 amide bonds. The van der Waals surface area contributed by atoms with Crippen LogP contribution in [0.3, 0.4) is 0 Å². The van der Waals surface area contributed by atoms with Crippen LogP contribution in [0.1, 0.15) is 51.9 Å². The number of sulfonamides is 1. The third kappa shape index (κ3) is 7.68. The van der Waals surface area contributed by atoms with E-state index in [1.54, 1.807) is 0 Å².